The monoisotopic (exact) mass is 519 g/mol. The topological polar surface area (TPSA) is 281 Å². The second-order valence-corrected chi connectivity index (χ2v) is 11.6. The first kappa shape index (κ1) is 25.2. The third kappa shape index (κ3) is 5.07. The number of nitrogens with two attached hydrogens (primary N) is 1. The number of alkyl halides is 1. The Bertz CT molecular complexity index is 1140. The fourth-order valence-corrected chi connectivity index (χ4v) is 6.61. The lowest BCUT2D eigenvalue weighted by molar-refractivity contribution is -0.338. The first-order valence-corrected chi connectivity index (χ1v) is 12.9. The van der Waals surface area contributed by atoms with Crippen LogP contribution in [0, 0.1) is 0 Å². The number of nitrogens with zero attached hydrogens (tertiary/aromatic N) is 4. The predicted octanol–water partition coefficient (Wildman–Crippen LogP) is -3.75. The highest BCUT2D eigenvalue weighted by Crippen LogP contribution is 2.65. The lowest BCUT2D eigenvalue weighted by Gasteiger charge is -2.40. The summed E-state index contributed by atoms with van der Waals surface area (Å²) in [6.07, 6.45) is -4.34. The summed E-state index contributed by atoms with van der Waals surface area (Å²) < 4.78 is 60.9. The van der Waals surface area contributed by atoms with Gasteiger partial charge in [-0.15, -0.1) is 0 Å². The number of hydrogen-bond acceptors (Lipinski definition) is 16. The maximum atomic E-state index is 13.9. The van der Waals surface area contributed by atoms with Crippen molar-refractivity contribution in [1.29, 1.82) is 0 Å². The van der Waals surface area contributed by atoms with Gasteiger partial charge in [-0.3, -0.25) is 4.57 Å². The smallest absolute Gasteiger partial charge is 0.226 e. The van der Waals surface area contributed by atoms with Crippen LogP contribution < -0.4 is 25.3 Å². The molecule has 0 bridgehead atoms. The highest BCUT2D eigenvalue weighted by atomic mass is 31.3. The Morgan fingerprint density at radius 1 is 1.16 bits per heavy atom. The van der Waals surface area contributed by atoms with E-state index >= 15 is 0 Å². The first-order chi connectivity index (χ1) is 14.6. The highest BCUT2D eigenvalue weighted by molar-refractivity contribution is 7.73. The van der Waals surface area contributed by atoms with Crippen LogP contribution >= 0.6 is 23.0 Å². The largest absolute Gasteiger partial charge is 0.790 e. The fourth-order valence-electron chi connectivity index (χ4n) is 2.74. The van der Waals surface area contributed by atoms with Crippen LogP contribution in [0.2, 0.25) is 0 Å². The van der Waals surface area contributed by atoms with Gasteiger partial charge in [-0.1, -0.05) is 0 Å². The molecule has 32 heavy (non-hydrogen) atoms. The molecule has 0 spiro atoms. The van der Waals surface area contributed by atoms with Crippen LogP contribution in [0.3, 0.4) is 0 Å². The lowest BCUT2D eigenvalue weighted by atomic mass is 10.1. The van der Waals surface area contributed by atoms with Gasteiger partial charge < -0.3 is 62.8 Å². The number of phosphoric acid groups is 1. The SMILES string of the molecule is Nc1ncnc2c1ncn2C1OC(COP(=O)([O-])[C@@H](F)P(=O)([O-])OP(=O)([O-])[O-])C(O)C1O. The van der Waals surface area contributed by atoms with Gasteiger partial charge in [0.25, 0.3) is 0 Å². The molecule has 4 N–H and O–H groups in total. The molecule has 0 saturated carbocycles. The average Bonchev–Trinajstić information content (AvgIpc) is 3.21. The van der Waals surface area contributed by atoms with E-state index in [1.807, 2.05) is 0 Å². The number of hydrogen-bond donors (Lipinski definition) is 3. The van der Waals surface area contributed by atoms with Gasteiger partial charge in [0.1, 0.15) is 30.2 Å². The van der Waals surface area contributed by atoms with Crippen molar-refractivity contribution in [1.82, 2.24) is 19.5 Å². The number of nitrogen functional groups attached to an aromatic ring is 1. The number of imidazole rings is 1. The molecule has 2 aromatic rings. The number of halogens is 1. The van der Waals surface area contributed by atoms with Gasteiger partial charge in [0.2, 0.25) is 5.65 Å². The van der Waals surface area contributed by atoms with Crippen molar-refractivity contribution in [2.75, 3.05) is 12.3 Å². The zero-order valence-electron chi connectivity index (χ0n) is 15.3. The van der Waals surface area contributed by atoms with Crippen molar-refractivity contribution >= 4 is 40.0 Å². The van der Waals surface area contributed by atoms with Crippen molar-refractivity contribution in [3.63, 3.8) is 0 Å². The summed E-state index contributed by atoms with van der Waals surface area (Å²) in [5, 5.41) is 20.3. The molecule has 3 heterocycles. The van der Waals surface area contributed by atoms with E-state index in [4.69, 9.17) is 10.5 Å². The van der Waals surface area contributed by atoms with E-state index in [1.165, 1.54) is 0 Å². The molecule has 0 aliphatic carbocycles. The highest BCUT2D eigenvalue weighted by Gasteiger charge is 2.45. The standard InChI is InChI=1S/C11H17FN5O12P3/c12-11(31(22,23)29-32(24,25)26)30(20,21)27-1-4-6(18)7(19)10(28-4)17-3-16-5-8(13)14-2-15-9(5)17/h2-4,6-7,10-11,18-19H,1H2,(H,20,21)(H,22,23)(H2,13,14,15)(H2,24,25,26)/p-4/t4?,6?,7?,10?,11-/m1/s1. The molecule has 3 rings (SSSR count). The van der Waals surface area contributed by atoms with Crippen molar-refractivity contribution in [2.24, 2.45) is 0 Å². The molecule has 0 aromatic carbocycles. The average molecular weight is 519 g/mol. The number of ether oxygens (including phenoxy) is 1. The molecule has 180 valence electrons. The maximum Gasteiger partial charge on any atom is 0.226 e. The summed E-state index contributed by atoms with van der Waals surface area (Å²) in [4.78, 5) is 55.3. The third-order valence-corrected chi connectivity index (χ3v) is 9.11. The van der Waals surface area contributed by atoms with Crippen molar-refractivity contribution in [3.8, 4) is 0 Å². The maximum absolute atomic E-state index is 13.9. The summed E-state index contributed by atoms with van der Waals surface area (Å²) in [5.74, 6) is -0.00656. The number of rotatable bonds is 8. The van der Waals surface area contributed by atoms with Gasteiger partial charge in [0.15, 0.2) is 32.9 Å². The number of aromatic nitrogens is 4. The van der Waals surface area contributed by atoms with E-state index < -0.39 is 59.8 Å². The minimum atomic E-state index is -6.40. The third-order valence-electron chi connectivity index (χ3n) is 4.15. The fraction of sp³-hybridized carbons (Fsp3) is 0.545. The zero-order valence-corrected chi connectivity index (χ0v) is 18.0. The van der Waals surface area contributed by atoms with Crippen LogP contribution in [-0.2, 0) is 27.3 Å². The van der Waals surface area contributed by atoms with Crippen LogP contribution in [0.5, 0.6) is 0 Å². The van der Waals surface area contributed by atoms with Crippen LogP contribution in [0.15, 0.2) is 12.7 Å². The van der Waals surface area contributed by atoms with Crippen LogP contribution in [0.1, 0.15) is 6.23 Å². The Kier molecular flexibility index (Phi) is 6.91. The van der Waals surface area contributed by atoms with Crippen LogP contribution in [0.25, 0.3) is 11.2 Å². The number of aliphatic hydroxyl groups excluding tert-OH is 2. The van der Waals surface area contributed by atoms with Crippen LogP contribution in [-0.4, -0.2) is 60.3 Å². The van der Waals surface area contributed by atoms with Gasteiger partial charge in [0.05, 0.1) is 20.8 Å². The molecule has 0 radical (unpaired) electrons. The zero-order chi connectivity index (χ0) is 24.1. The van der Waals surface area contributed by atoms with E-state index in [2.05, 4.69) is 23.8 Å². The Morgan fingerprint density at radius 2 is 1.81 bits per heavy atom. The number of fused-ring (bicyclic) bond motifs is 1. The molecule has 1 aliphatic rings. The van der Waals surface area contributed by atoms with Gasteiger partial charge in [-0.25, -0.2) is 19.3 Å². The number of anilines is 1. The number of aliphatic hydroxyl groups is 2. The molecule has 1 aliphatic heterocycles. The minimum absolute atomic E-state index is 0.00656. The summed E-state index contributed by atoms with van der Waals surface area (Å²) in [7, 11) is -18.7. The molecular weight excluding hydrogens is 506 g/mol. The Hall–Kier alpha value is -1.39. The first-order valence-electron chi connectivity index (χ1n) is 8.22. The Balaban J connectivity index is 1.73. The van der Waals surface area contributed by atoms with E-state index in [-0.39, 0.29) is 17.0 Å². The molecule has 0 amide bonds. The molecule has 17 nitrogen and oxygen atoms in total. The second-order valence-electron chi connectivity index (χ2n) is 6.34. The summed E-state index contributed by atoms with van der Waals surface area (Å²) in [5.41, 5.74) is 1.79. The quantitative estimate of drug-likeness (QED) is 0.282. The summed E-state index contributed by atoms with van der Waals surface area (Å²) >= 11 is 0. The van der Waals surface area contributed by atoms with Crippen molar-refractivity contribution < 1.29 is 61.4 Å². The summed E-state index contributed by atoms with van der Waals surface area (Å²) in [6, 6.07) is 0. The normalized spacial score (nSPS) is 29.0. The second kappa shape index (κ2) is 8.76. The minimum Gasteiger partial charge on any atom is -0.790 e. The van der Waals surface area contributed by atoms with Crippen molar-refractivity contribution in [3.05, 3.63) is 12.7 Å². The molecule has 6 unspecified atom stereocenters. The summed E-state index contributed by atoms with van der Waals surface area (Å²) in [6.45, 7) is -1.20. The Labute approximate surface area is 176 Å². The van der Waals surface area contributed by atoms with E-state index in [1.54, 1.807) is 0 Å². The van der Waals surface area contributed by atoms with Gasteiger partial charge in [0, 0.05) is 0 Å². The van der Waals surface area contributed by atoms with Gasteiger partial charge >= 0.3 is 0 Å². The molecule has 2 aromatic heterocycles. The Morgan fingerprint density at radius 3 is 2.44 bits per heavy atom. The molecule has 21 heteroatoms. The van der Waals surface area contributed by atoms with E-state index in [9.17, 15) is 47.9 Å². The van der Waals surface area contributed by atoms with Gasteiger partial charge in [-0.05, 0) is 0 Å². The van der Waals surface area contributed by atoms with Gasteiger partial charge in [-0.2, -0.15) is 0 Å². The van der Waals surface area contributed by atoms with Crippen LogP contribution in [0.4, 0.5) is 10.2 Å². The molecule has 7 atom stereocenters. The van der Waals surface area contributed by atoms with E-state index in [0.717, 1.165) is 17.2 Å². The van der Waals surface area contributed by atoms with Crippen molar-refractivity contribution in [2.45, 2.75) is 30.2 Å². The van der Waals surface area contributed by atoms with E-state index in [0.29, 0.717) is 0 Å². The predicted molar refractivity (Wildman–Crippen MR) is 90.4 cm³/mol. The lowest BCUT2D eigenvalue weighted by Crippen LogP contribution is -2.34. The molecule has 1 fully saturated rings. The molecule has 1 saturated heterocycles. The molecular formula is C11H13FN5O12P3-4.